The Balaban J connectivity index is 3.43. The Morgan fingerprint density at radius 2 is 1.59 bits per heavy atom. The fourth-order valence-electron chi connectivity index (χ4n) is 2.31. The van der Waals surface area contributed by atoms with Crippen molar-refractivity contribution in [2.75, 3.05) is 13.2 Å². The molecule has 150 valence electrons. The molecule has 0 aliphatic carbocycles. The van der Waals surface area contributed by atoms with E-state index in [4.69, 9.17) is 9.47 Å². The molecule has 1 rings (SSSR count). The smallest absolute Gasteiger partial charge is 0.325 e. The van der Waals surface area contributed by atoms with Gasteiger partial charge in [-0.3, -0.25) is 14.4 Å². The topological polar surface area (TPSA) is 116 Å². The van der Waals surface area contributed by atoms with Crippen LogP contribution >= 0.6 is 0 Å². The number of Topliss-reactive ketones (excluding diaryl/α,β-unsaturated/α-hetero) is 1. The second-order valence-electron chi connectivity index (χ2n) is 6.10. The third kappa shape index (κ3) is 5.14. The molecule has 8 nitrogen and oxygen atoms in total. The quantitative estimate of drug-likeness (QED) is 0.492. The summed E-state index contributed by atoms with van der Waals surface area (Å²) in [5, 5.41) is 0. The molecule has 0 bridgehead atoms. The molecule has 1 aromatic carbocycles. The predicted molar refractivity (Wildman–Crippen MR) is 97.3 cm³/mol. The molecule has 0 unspecified atom stereocenters. The maximum absolute atomic E-state index is 12.7. The molecule has 0 aliphatic rings. The summed E-state index contributed by atoms with van der Waals surface area (Å²) in [5.41, 5.74) is -1.24. The summed E-state index contributed by atoms with van der Waals surface area (Å²) in [4.78, 5) is 37.0. The average molecular weight is 399 g/mol. The zero-order chi connectivity index (χ0) is 20.8. The van der Waals surface area contributed by atoms with Crippen molar-refractivity contribution in [1.29, 1.82) is 0 Å². The van der Waals surface area contributed by atoms with E-state index < -0.39 is 39.2 Å². The van der Waals surface area contributed by atoms with E-state index in [2.05, 4.69) is 4.72 Å². The molecule has 0 fully saturated rings. The molecule has 1 N–H and O–H groups in total. The largest absolute Gasteiger partial charge is 0.465 e. The van der Waals surface area contributed by atoms with E-state index in [0.29, 0.717) is 0 Å². The predicted octanol–water partition coefficient (Wildman–Crippen LogP) is 1.36. The van der Waals surface area contributed by atoms with Crippen LogP contribution in [0.1, 0.15) is 33.3 Å². The summed E-state index contributed by atoms with van der Waals surface area (Å²) >= 11 is 0. The zero-order valence-corrected chi connectivity index (χ0v) is 16.9. The van der Waals surface area contributed by atoms with Crippen LogP contribution < -0.4 is 4.72 Å². The lowest BCUT2D eigenvalue weighted by molar-refractivity contribution is -0.167. The summed E-state index contributed by atoms with van der Waals surface area (Å²) in [6.07, 6.45) is 0. The first kappa shape index (κ1) is 22.8. The summed E-state index contributed by atoms with van der Waals surface area (Å²) in [6.45, 7) is 7.00. The number of carbonyl (C=O) groups excluding carboxylic acids is 3. The van der Waals surface area contributed by atoms with Crippen LogP contribution in [0.15, 0.2) is 29.2 Å². The van der Waals surface area contributed by atoms with Crippen LogP contribution in [0.3, 0.4) is 0 Å². The molecule has 27 heavy (non-hydrogen) atoms. The average Bonchev–Trinajstić information content (AvgIpc) is 2.59. The standard InChI is InChI=1S/C18H25NO7S/c1-6-25-16(21)15(18(5,13(4)20)17(22)26-7-2)19-27(23,24)14-10-8-12(3)9-11-14/h8-11,15,19H,6-7H2,1-5H3/t15-,18-/m0/s1. The number of carbonyl (C=O) groups is 3. The number of ketones is 1. The third-order valence-corrected chi connectivity index (χ3v) is 5.57. The molecule has 1 aromatic rings. The fourth-order valence-corrected chi connectivity index (χ4v) is 3.59. The first-order chi connectivity index (χ1) is 12.5. The molecule has 0 radical (unpaired) electrons. The van der Waals surface area contributed by atoms with Gasteiger partial charge in [0.25, 0.3) is 0 Å². The van der Waals surface area contributed by atoms with Crippen LogP contribution in [0, 0.1) is 12.3 Å². The number of hydrogen-bond acceptors (Lipinski definition) is 7. The van der Waals surface area contributed by atoms with Gasteiger partial charge in [-0.05, 0) is 46.8 Å². The van der Waals surface area contributed by atoms with E-state index in [0.717, 1.165) is 19.4 Å². The van der Waals surface area contributed by atoms with Crippen molar-refractivity contribution in [2.24, 2.45) is 5.41 Å². The lowest BCUT2D eigenvalue weighted by Gasteiger charge is -2.31. The van der Waals surface area contributed by atoms with E-state index in [-0.39, 0.29) is 18.1 Å². The van der Waals surface area contributed by atoms with E-state index in [1.54, 1.807) is 19.1 Å². The van der Waals surface area contributed by atoms with Crippen molar-refractivity contribution in [1.82, 2.24) is 4.72 Å². The van der Waals surface area contributed by atoms with Crippen molar-refractivity contribution >= 4 is 27.7 Å². The zero-order valence-electron chi connectivity index (χ0n) is 16.1. The van der Waals surface area contributed by atoms with E-state index in [1.807, 2.05) is 0 Å². The summed E-state index contributed by atoms with van der Waals surface area (Å²) in [7, 11) is -4.22. The molecule has 0 spiro atoms. The van der Waals surface area contributed by atoms with Gasteiger partial charge in [0.05, 0.1) is 18.1 Å². The van der Waals surface area contributed by atoms with E-state index in [9.17, 15) is 22.8 Å². The van der Waals surface area contributed by atoms with Gasteiger partial charge in [-0.1, -0.05) is 17.7 Å². The maximum Gasteiger partial charge on any atom is 0.325 e. The lowest BCUT2D eigenvalue weighted by atomic mass is 9.79. The molecular formula is C18H25NO7S. The highest BCUT2D eigenvalue weighted by molar-refractivity contribution is 7.89. The molecule has 0 aromatic heterocycles. The number of sulfonamides is 1. The Hall–Kier alpha value is -2.26. The van der Waals surface area contributed by atoms with Crippen molar-refractivity contribution in [3.05, 3.63) is 29.8 Å². The summed E-state index contributed by atoms with van der Waals surface area (Å²) < 4.78 is 37.4. The van der Waals surface area contributed by atoms with Crippen LogP contribution in [-0.4, -0.2) is 45.4 Å². The highest BCUT2D eigenvalue weighted by Crippen LogP contribution is 2.28. The number of ether oxygens (including phenoxy) is 2. The van der Waals surface area contributed by atoms with Crippen LogP contribution in [0.25, 0.3) is 0 Å². The van der Waals surface area contributed by atoms with Gasteiger partial charge in [0.15, 0.2) is 0 Å². The third-order valence-electron chi connectivity index (χ3n) is 4.13. The van der Waals surface area contributed by atoms with Crippen molar-refractivity contribution < 1.29 is 32.3 Å². The lowest BCUT2D eigenvalue weighted by Crippen LogP contribution is -2.58. The number of hydrogen-bond donors (Lipinski definition) is 1. The molecule has 0 heterocycles. The highest BCUT2D eigenvalue weighted by Gasteiger charge is 2.53. The minimum atomic E-state index is -4.22. The van der Waals surface area contributed by atoms with Gasteiger partial charge in [-0.2, -0.15) is 4.72 Å². The Morgan fingerprint density at radius 1 is 1.07 bits per heavy atom. The van der Waals surface area contributed by atoms with Gasteiger partial charge >= 0.3 is 11.9 Å². The normalized spacial score (nSPS) is 14.7. The van der Waals surface area contributed by atoms with Crippen molar-refractivity contribution in [3.63, 3.8) is 0 Å². The fraction of sp³-hybridized carbons (Fsp3) is 0.500. The Labute approximate surface area is 159 Å². The summed E-state index contributed by atoms with van der Waals surface area (Å²) in [6, 6.07) is 4.11. The minimum absolute atomic E-state index is 0.0397. The van der Waals surface area contributed by atoms with Crippen LogP contribution in [-0.2, 0) is 33.9 Å². The van der Waals surface area contributed by atoms with Crippen LogP contribution in [0.2, 0.25) is 0 Å². The SMILES string of the molecule is CCOC(=O)[C@H](NS(=O)(=O)c1ccc(C)cc1)[C@](C)(C(C)=O)C(=O)OCC. The number of benzene rings is 1. The Kier molecular flexibility index (Phi) is 7.67. The number of esters is 2. The van der Waals surface area contributed by atoms with Crippen molar-refractivity contribution in [2.45, 2.75) is 45.6 Å². The van der Waals surface area contributed by atoms with Gasteiger partial charge in [0, 0.05) is 0 Å². The van der Waals surface area contributed by atoms with Gasteiger partial charge in [-0.25, -0.2) is 8.42 Å². The van der Waals surface area contributed by atoms with Crippen LogP contribution in [0.5, 0.6) is 0 Å². The number of aryl methyl sites for hydroxylation is 1. The van der Waals surface area contributed by atoms with Gasteiger partial charge in [-0.15, -0.1) is 0 Å². The molecule has 9 heteroatoms. The Bertz CT molecular complexity index is 802. The maximum atomic E-state index is 12.7. The Morgan fingerprint density at radius 3 is 2.04 bits per heavy atom. The molecule has 2 atom stereocenters. The second-order valence-corrected chi connectivity index (χ2v) is 7.81. The van der Waals surface area contributed by atoms with Gasteiger partial charge in [0.2, 0.25) is 10.0 Å². The minimum Gasteiger partial charge on any atom is -0.465 e. The van der Waals surface area contributed by atoms with Gasteiger partial charge in [0.1, 0.15) is 17.2 Å². The molecule has 0 aliphatic heterocycles. The van der Waals surface area contributed by atoms with Gasteiger partial charge < -0.3 is 9.47 Å². The molecule has 0 saturated heterocycles. The first-order valence-electron chi connectivity index (χ1n) is 8.44. The first-order valence-corrected chi connectivity index (χ1v) is 9.92. The monoisotopic (exact) mass is 399 g/mol. The molecule has 0 saturated carbocycles. The summed E-state index contributed by atoms with van der Waals surface area (Å²) in [5.74, 6) is -2.79. The van der Waals surface area contributed by atoms with E-state index in [1.165, 1.54) is 26.0 Å². The molecular weight excluding hydrogens is 374 g/mol. The van der Waals surface area contributed by atoms with Crippen LogP contribution in [0.4, 0.5) is 0 Å². The van der Waals surface area contributed by atoms with E-state index >= 15 is 0 Å². The number of rotatable bonds is 9. The second kappa shape index (κ2) is 9.09. The highest BCUT2D eigenvalue weighted by atomic mass is 32.2. The molecule has 0 amide bonds. The number of nitrogens with one attached hydrogen (secondary N) is 1. The van der Waals surface area contributed by atoms with Crippen molar-refractivity contribution in [3.8, 4) is 0 Å².